The molecule has 0 unspecified atom stereocenters. The van der Waals surface area contributed by atoms with Crippen LogP contribution in [0.1, 0.15) is 19.3 Å². The molecule has 8 heavy (non-hydrogen) atoms. The van der Waals surface area contributed by atoms with Crippen LogP contribution in [0.4, 0.5) is 0 Å². The Morgan fingerprint density at radius 2 is 2.12 bits per heavy atom. The quantitative estimate of drug-likeness (QED) is 0.482. The average Bonchev–Trinajstić information content (AvgIpc) is 1.62. The Morgan fingerprint density at radius 1 is 1.12 bits per heavy atom. The van der Waals surface area contributed by atoms with Crippen molar-refractivity contribution in [3.63, 3.8) is 0 Å². The van der Waals surface area contributed by atoms with E-state index in [4.69, 9.17) is 0 Å². The van der Waals surface area contributed by atoms with E-state index in [1.54, 1.807) is 4.37 Å². The fourth-order valence-corrected chi connectivity index (χ4v) is 9.81. The molecular weight excluding hydrogens is 246 g/mol. The van der Waals surface area contributed by atoms with Crippen LogP contribution in [0.3, 0.4) is 0 Å². The molecular formula is C5H10S2Sb. The van der Waals surface area contributed by atoms with Crippen molar-refractivity contribution < 1.29 is 0 Å². The average molecular weight is 256 g/mol. The Kier molecular flexibility index (Phi) is 5.06. The monoisotopic (exact) mass is 255 g/mol. The van der Waals surface area contributed by atoms with E-state index in [2.05, 4.69) is 18.7 Å². The van der Waals surface area contributed by atoms with E-state index < -0.39 is 0 Å². The SMILES string of the molecule is C1CCS[S][Sb][CH2]C1. The van der Waals surface area contributed by atoms with Crippen molar-refractivity contribution in [1.82, 2.24) is 0 Å². The molecule has 0 bridgehead atoms. The molecule has 0 spiro atoms. The van der Waals surface area contributed by atoms with Crippen LogP contribution in [-0.2, 0) is 0 Å². The molecule has 0 amide bonds. The Bertz CT molecular complexity index is 34.4. The first-order valence-electron chi connectivity index (χ1n) is 2.95. The van der Waals surface area contributed by atoms with Gasteiger partial charge < -0.3 is 0 Å². The molecule has 1 aliphatic rings. The molecule has 1 heterocycles. The predicted molar refractivity (Wildman–Crippen MR) is 44.5 cm³/mol. The molecule has 1 radical (unpaired) electrons. The summed E-state index contributed by atoms with van der Waals surface area (Å²) < 4.78 is 1.59. The normalized spacial score (nSPS) is 24.0. The summed E-state index contributed by atoms with van der Waals surface area (Å²) in [5.41, 5.74) is 0. The van der Waals surface area contributed by atoms with E-state index in [9.17, 15) is 0 Å². The van der Waals surface area contributed by atoms with E-state index in [0.29, 0.717) is 0 Å². The van der Waals surface area contributed by atoms with Gasteiger partial charge in [-0.1, -0.05) is 0 Å². The van der Waals surface area contributed by atoms with Crippen LogP contribution in [0.25, 0.3) is 0 Å². The van der Waals surface area contributed by atoms with Gasteiger partial charge in [-0.25, -0.2) is 0 Å². The molecule has 1 rings (SSSR count). The first-order chi connectivity index (χ1) is 4.00. The van der Waals surface area contributed by atoms with E-state index in [1.807, 2.05) is 0 Å². The zero-order valence-electron chi connectivity index (χ0n) is 4.80. The zero-order valence-corrected chi connectivity index (χ0v) is 8.99. The molecule has 0 aromatic carbocycles. The van der Waals surface area contributed by atoms with Gasteiger partial charge in [-0.05, 0) is 0 Å². The van der Waals surface area contributed by atoms with Crippen molar-refractivity contribution in [3.8, 4) is 0 Å². The maximum absolute atomic E-state index is 2.20. The summed E-state index contributed by atoms with van der Waals surface area (Å²) in [6.07, 6.45) is 4.50. The molecule has 0 aromatic rings. The second kappa shape index (κ2) is 5.31. The van der Waals surface area contributed by atoms with Gasteiger partial charge in [0.25, 0.3) is 0 Å². The summed E-state index contributed by atoms with van der Waals surface area (Å²) in [5.74, 6) is 1.42. The van der Waals surface area contributed by atoms with Crippen molar-refractivity contribution in [2.45, 2.75) is 23.6 Å². The second-order valence-corrected chi connectivity index (χ2v) is 11.3. The summed E-state index contributed by atoms with van der Waals surface area (Å²) >= 11 is 0.247. The summed E-state index contributed by atoms with van der Waals surface area (Å²) in [4.78, 5) is 0. The van der Waals surface area contributed by atoms with Gasteiger partial charge in [0.15, 0.2) is 0 Å². The van der Waals surface area contributed by atoms with Crippen LogP contribution < -0.4 is 0 Å². The Morgan fingerprint density at radius 3 is 3.12 bits per heavy atom. The molecule has 0 aliphatic carbocycles. The summed E-state index contributed by atoms with van der Waals surface area (Å²) in [6.45, 7) is 0. The standard InChI is InChI=1S/C5H11S2.Sb/c1-2-3-4-5-7-6;/h6H,1-5H2;/q;+1/p-1. The Balaban J connectivity index is 2.00. The zero-order chi connectivity index (χ0) is 5.66. The first-order valence-corrected chi connectivity index (χ1v) is 10.2. The van der Waals surface area contributed by atoms with E-state index in [0.717, 1.165) is 0 Å². The third kappa shape index (κ3) is 3.53. The first kappa shape index (κ1) is 7.62. The van der Waals surface area contributed by atoms with E-state index in [-0.39, 0.29) is 20.2 Å². The third-order valence-corrected chi connectivity index (χ3v) is 10.9. The van der Waals surface area contributed by atoms with Crippen molar-refractivity contribution in [1.29, 1.82) is 0 Å². The van der Waals surface area contributed by atoms with Gasteiger partial charge in [0.05, 0.1) is 0 Å². The Hall–Kier alpha value is 1.52. The van der Waals surface area contributed by atoms with Crippen LogP contribution in [0.15, 0.2) is 0 Å². The number of hydrogen-bond donors (Lipinski definition) is 0. The van der Waals surface area contributed by atoms with Crippen molar-refractivity contribution in [2.75, 3.05) is 5.75 Å². The molecule has 47 valence electrons. The van der Waals surface area contributed by atoms with Crippen LogP contribution >= 0.6 is 18.7 Å². The minimum absolute atomic E-state index is 0.247. The minimum atomic E-state index is 0.247. The van der Waals surface area contributed by atoms with E-state index >= 15 is 0 Å². The van der Waals surface area contributed by atoms with Gasteiger partial charge in [0.2, 0.25) is 0 Å². The van der Waals surface area contributed by atoms with Gasteiger partial charge in [-0.15, -0.1) is 0 Å². The number of rotatable bonds is 0. The summed E-state index contributed by atoms with van der Waals surface area (Å²) in [6, 6.07) is 0. The van der Waals surface area contributed by atoms with Gasteiger partial charge >= 0.3 is 68.3 Å². The van der Waals surface area contributed by atoms with E-state index in [1.165, 1.54) is 25.0 Å². The molecule has 1 aliphatic heterocycles. The predicted octanol–water partition coefficient (Wildman–Crippen LogP) is 2.59. The van der Waals surface area contributed by atoms with Crippen LogP contribution in [-0.4, -0.2) is 26.0 Å². The van der Waals surface area contributed by atoms with Crippen molar-refractivity contribution >= 4 is 38.9 Å². The molecule has 1 saturated heterocycles. The van der Waals surface area contributed by atoms with Crippen LogP contribution in [0.5, 0.6) is 0 Å². The maximum atomic E-state index is 2.20. The molecule has 0 nitrogen and oxygen atoms in total. The molecule has 3 heteroatoms. The van der Waals surface area contributed by atoms with Crippen LogP contribution in [0.2, 0.25) is 4.37 Å². The summed E-state index contributed by atoms with van der Waals surface area (Å²) in [7, 11) is 4.31. The van der Waals surface area contributed by atoms with Gasteiger partial charge in [-0.3, -0.25) is 0 Å². The topological polar surface area (TPSA) is 0 Å². The Labute approximate surface area is 67.9 Å². The van der Waals surface area contributed by atoms with Gasteiger partial charge in [0.1, 0.15) is 0 Å². The molecule has 0 aromatic heterocycles. The van der Waals surface area contributed by atoms with Crippen LogP contribution in [0, 0.1) is 0 Å². The third-order valence-electron chi connectivity index (χ3n) is 1.08. The van der Waals surface area contributed by atoms with Crippen molar-refractivity contribution in [2.24, 2.45) is 0 Å². The fourth-order valence-electron chi connectivity index (χ4n) is 0.626. The fraction of sp³-hybridized carbons (Fsp3) is 1.00. The van der Waals surface area contributed by atoms with Gasteiger partial charge in [0, 0.05) is 0 Å². The summed E-state index contributed by atoms with van der Waals surface area (Å²) in [5, 5.41) is 0. The molecule has 0 atom stereocenters. The second-order valence-electron chi connectivity index (χ2n) is 1.81. The van der Waals surface area contributed by atoms with Crippen molar-refractivity contribution in [3.05, 3.63) is 0 Å². The molecule has 1 fully saturated rings. The van der Waals surface area contributed by atoms with Gasteiger partial charge in [-0.2, -0.15) is 0 Å². The number of hydrogen-bond acceptors (Lipinski definition) is 2. The molecule has 0 saturated carbocycles. The molecule has 0 N–H and O–H groups in total.